The van der Waals surface area contributed by atoms with Crippen molar-refractivity contribution in [3.8, 4) is 33.4 Å². The molecule has 240 valence electrons. The number of benzene rings is 11. The van der Waals surface area contributed by atoms with Gasteiger partial charge in [-0.3, -0.25) is 0 Å². The molecule has 52 heavy (non-hydrogen) atoms. The Hall–Kier alpha value is -6.76. The van der Waals surface area contributed by atoms with Crippen LogP contribution in [0.5, 0.6) is 0 Å². The first kappa shape index (κ1) is 22.1. The van der Waals surface area contributed by atoms with Gasteiger partial charge in [0.15, 0.2) is 0 Å². The predicted octanol–water partition coefficient (Wildman–Crippen LogP) is 14.8. The van der Waals surface area contributed by atoms with Crippen molar-refractivity contribution in [3.63, 3.8) is 0 Å². The van der Waals surface area contributed by atoms with Crippen LogP contribution in [-0.4, -0.2) is 0 Å². The Morgan fingerprint density at radius 1 is 0.288 bits per heavy atom. The monoisotopic (exact) mass is 664 g/mol. The summed E-state index contributed by atoms with van der Waals surface area (Å²) >= 11 is 0. The molecule has 0 unspecified atom stereocenters. The van der Waals surface area contributed by atoms with E-state index in [1.807, 2.05) is 97.1 Å². The highest BCUT2D eigenvalue weighted by atomic mass is 14.2. The average molecular weight is 665 g/mol. The lowest BCUT2D eigenvalue weighted by atomic mass is 9.82. The number of fused-ring (bicyclic) bond motifs is 9. The second-order valence-electron chi connectivity index (χ2n) is 13.4. The molecule has 0 bridgehead atoms. The van der Waals surface area contributed by atoms with Gasteiger partial charge in [-0.05, 0) is 121 Å². The standard InChI is InChI=1S/C52H32/c1-2-15-35-31-36(27-25-33(35)13-1)38-29-30-48(41-18-6-5-17-40(38)41)51-44-21-9-11-23-46(44)52(47-24-12-10-22-45(47)51)49-32-37-28-26-34-14-3-4-16-39(34)50(37)43-20-8-7-19-42(43)49/h1-32H/i9D,10D,11D,12D,21D,22D,23D,24D. The SMILES string of the molecule is [2H]c1c([2H])c([2H])c2c(-c3cc4ccc5ccccc5c4c4ccccc34)c3c([2H])c([2H])c([2H])c([2H])c3c(-c3ccc(-c4ccc5ccccc5c4)c4ccccc34)c2c1[2H]. The van der Waals surface area contributed by atoms with Crippen molar-refractivity contribution in [1.29, 1.82) is 0 Å². The summed E-state index contributed by atoms with van der Waals surface area (Å²) in [5.41, 5.74) is 3.85. The molecular weight excluding hydrogens is 625 g/mol. The minimum Gasteiger partial charge on any atom is -0.0616 e. The molecule has 0 amide bonds. The van der Waals surface area contributed by atoms with Gasteiger partial charge in [0, 0.05) is 0 Å². The van der Waals surface area contributed by atoms with Crippen molar-refractivity contribution in [2.45, 2.75) is 0 Å². The third kappa shape index (κ3) is 4.28. The summed E-state index contributed by atoms with van der Waals surface area (Å²) < 4.78 is 74.7. The van der Waals surface area contributed by atoms with Crippen LogP contribution in [0.2, 0.25) is 0 Å². The van der Waals surface area contributed by atoms with Gasteiger partial charge in [0.05, 0.1) is 11.0 Å². The zero-order chi connectivity index (χ0) is 41.1. The summed E-state index contributed by atoms with van der Waals surface area (Å²) in [6.07, 6.45) is 0. The van der Waals surface area contributed by atoms with Crippen molar-refractivity contribution in [2.24, 2.45) is 0 Å². The van der Waals surface area contributed by atoms with E-state index in [4.69, 9.17) is 5.48 Å². The van der Waals surface area contributed by atoms with E-state index in [0.29, 0.717) is 22.3 Å². The summed E-state index contributed by atoms with van der Waals surface area (Å²) in [6, 6.07) is 45.7. The van der Waals surface area contributed by atoms with Gasteiger partial charge in [-0.25, -0.2) is 0 Å². The van der Waals surface area contributed by atoms with Crippen LogP contribution >= 0.6 is 0 Å². The van der Waals surface area contributed by atoms with Crippen LogP contribution in [0.25, 0.3) is 109 Å². The third-order valence-corrected chi connectivity index (χ3v) is 10.6. The van der Waals surface area contributed by atoms with E-state index in [0.717, 1.165) is 65.0 Å². The van der Waals surface area contributed by atoms with Gasteiger partial charge in [-0.15, -0.1) is 0 Å². The molecule has 11 aromatic rings. The fourth-order valence-corrected chi connectivity index (χ4v) is 8.37. The second-order valence-corrected chi connectivity index (χ2v) is 13.4. The lowest BCUT2D eigenvalue weighted by Crippen LogP contribution is -1.93. The highest BCUT2D eigenvalue weighted by Crippen LogP contribution is 2.49. The van der Waals surface area contributed by atoms with Crippen LogP contribution in [0.3, 0.4) is 0 Å². The highest BCUT2D eigenvalue weighted by molar-refractivity contribution is 6.29. The first-order valence-electron chi connectivity index (χ1n) is 21.4. The molecule has 0 saturated carbocycles. The predicted molar refractivity (Wildman–Crippen MR) is 225 cm³/mol. The molecule has 0 heterocycles. The second kappa shape index (κ2) is 11.4. The molecule has 11 aromatic carbocycles. The molecule has 0 nitrogen and oxygen atoms in total. The fraction of sp³-hybridized carbons (Fsp3) is 0. The minimum atomic E-state index is -0.424. The topological polar surface area (TPSA) is 0 Å². The summed E-state index contributed by atoms with van der Waals surface area (Å²) in [7, 11) is 0. The van der Waals surface area contributed by atoms with Gasteiger partial charge < -0.3 is 0 Å². The molecule has 0 aliphatic heterocycles. The van der Waals surface area contributed by atoms with Gasteiger partial charge in [0.1, 0.15) is 0 Å². The summed E-state index contributed by atoms with van der Waals surface area (Å²) in [4.78, 5) is 0. The summed E-state index contributed by atoms with van der Waals surface area (Å²) in [5.74, 6) is 0. The average Bonchev–Trinajstić information content (AvgIpc) is 3.29. The van der Waals surface area contributed by atoms with E-state index in [2.05, 4.69) is 48.5 Å². The zero-order valence-corrected chi connectivity index (χ0v) is 27.9. The maximum atomic E-state index is 9.64. The summed E-state index contributed by atoms with van der Waals surface area (Å²) in [6.45, 7) is 0. The van der Waals surface area contributed by atoms with Crippen LogP contribution in [-0.2, 0) is 0 Å². The molecule has 0 heteroatoms. The Bertz CT molecular complexity index is 3620. The van der Waals surface area contributed by atoms with Gasteiger partial charge in [-0.2, -0.15) is 0 Å². The van der Waals surface area contributed by atoms with E-state index < -0.39 is 24.2 Å². The smallest absolute Gasteiger partial charge is 0.0616 e. The lowest BCUT2D eigenvalue weighted by Gasteiger charge is -2.21. The van der Waals surface area contributed by atoms with E-state index in [9.17, 15) is 5.48 Å². The summed E-state index contributed by atoms with van der Waals surface area (Å²) in [5, 5.41) is 10.4. The molecule has 11 rings (SSSR count). The molecule has 0 spiro atoms. The number of hydrogen-bond acceptors (Lipinski definition) is 0. The molecule has 0 N–H and O–H groups in total. The van der Waals surface area contributed by atoms with Crippen molar-refractivity contribution in [2.75, 3.05) is 0 Å². The molecule has 0 atom stereocenters. The highest BCUT2D eigenvalue weighted by Gasteiger charge is 2.21. The van der Waals surface area contributed by atoms with E-state index in [-0.39, 0.29) is 45.7 Å². The molecule has 0 radical (unpaired) electrons. The first-order chi connectivity index (χ1) is 29.1. The Labute approximate surface area is 313 Å². The van der Waals surface area contributed by atoms with E-state index in [1.165, 1.54) is 0 Å². The maximum absolute atomic E-state index is 9.64. The van der Waals surface area contributed by atoms with Crippen LogP contribution in [0, 0.1) is 0 Å². The van der Waals surface area contributed by atoms with Gasteiger partial charge in [0.25, 0.3) is 0 Å². The lowest BCUT2D eigenvalue weighted by molar-refractivity contribution is 1.66. The van der Waals surface area contributed by atoms with Crippen molar-refractivity contribution < 1.29 is 11.0 Å². The molecule has 0 fully saturated rings. The molecule has 0 aliphatic rings. The molecule has 0 aromatic heterocycles. The van der Waals surface area contributed by atoms with Gasteiger partial charge >= 0.3 is 0 Å². The Morgan fingerprint density at radius 2 is 0.750 bits per heavy atom. The van der Waals surface area contributed by atoms with Crippen molar-refractivity contribution >= 4 is 75.4 Å². The normalized spacial score (nSPS) is 14.0. The molecule has 0 saturated heterocycles. The third-order valence-electron chi connectivity index (χ3n) is 10.6. The minimum absolute atomic E-state index is 0.194. The fourth-order valence-electron chi connectivity index (χ4n) is 8.37. The first-order valence-corrected chi connectivity index (χ1v) is 17.4. The van der Waals surface area contributed by atoms with Crippen LogP contribution in [0.15, 0.2) is 194 Å². The van der Waals surface area contributed by atoms with Crippen molar-refractivity contribution in [1.82, 2.24) is 0 Å². The van der Waals surface area contributed by atoms with E-state index >= 15 is 0 Å². The van der Waals surface area contributed by atoms with Crippen molar-refractivity contribution in [3.05, 3.63) is 194 Å². The Kier molecular flexibility index (Phi) is 4.85. The zero-order valence-electron chi connectivity index (χ0n) is 35.9. The number of rotatable bonds is 3. The molecule has 0 aliphatic carbocycles. The van der Waals surface area contributed by atoms with Crippen LogP contribution in [0.1, 0.15) is 11.0 Å². The number of hydrogen-bond donors (Lipinski definition) is 0. The Morgan fingerprint density at radius 3 is 1.42 bits per heavy atom. The van der Waals surface area contributed by atoms with E-state index in [1.54, 1.807) is 0 Å². The quantitative estimate of drug-likeness (QED) is 0.130. The van der Waals surface area contributed by atoms with Crippen LogP contribution < -0.4 is 0 Å². The van der Waals surface area contributed by atoms with Crippen LogP contribution in [0.4, 0.5) is 0 Å². The Balaban J connectivity index is 1.35. The van der Waals surface area contributed by atoms with Gasteiger partial charge in [0.2, 0.25) is 0 Å². The largest absolute Gasteiger partial charge is 0.0629 e. The van der Waals surface area contributed by atoms with Gasteiger partial charge in [-0.1, -0.05) is 182 Å². The maximum Gasteiger partial charge on any atom is 0.0629 e. The molecular formula is C52H32.